The molecule has 130 valence electrons. The van der Waals surface area contributed by atoms with Gasteiger partial charge in [0.15, 0.2) is 0 Å². The number of carbonyl (C=O) groups is 2. The Morgan fingerprint density at radius 3 is 2.62 bits per heavy atom. The number of rotatable bonds is 6. The molecule has 1 aromatic heterocycles. The number of aromatic nitrogens is 1. The Hall–Kier alpha value is -2.11. The van der Waals surface area contributed by atoms with Crippen molar-refractivity contribution in [3.8, 4) is 0 Å². The van der Waals surface area contributed by atoms with E-state index < -0.39 is 0 Å². The van der Waals surface area contributed by atoms with Crippen molar-refractivity contribution in [2.24, 2.45) is 5.92 Å². The van der Waals surface area contributed by atoms with Crippen LogP contribution in [0, 0.1) is 5.92 Å². The molecular formula is C18H26N4O2. The first-order valence-electron chi connectivity index (χ1n) is 8.94. The highest BCUT2D eigenvalue weighted by atomic mass is 16.2. The van der Waals surface area contributed by atoms with E-state index in [4.69, 9.17) is 0 Å². The lowest BCUT2D eigenvalue weighted by Crippen LogP contribution is -2.41. The SMILES string of the molecule is O=C(NCCCN1CCCC1=O)C1CCN(c2ccncc2)CC1. The molecule has 0 spiro atoms. The van der Waals surface area contributed by atoms with Gasteiger partial charge in [0.25, 0.3) is 0 Å². The van der Waals surface area contributed by atoms with Crippen molar-refractivity contribution in [3.05, 3.63) is 24.5 Å². The highest BCUT2D eigenvalue weighted by Crippen LogP contribution is 2.22. The van der Waals surface area contributed by atoms with Crippen molar-refractivity contribution in [3.63, 3.8) is 0 Å². The lowest BCUT2D eigenvalue weighted by molar-refractivity contribution is -0.127. The molecule has 3 rings (SSSR count). The zero-order valence-corrected chi connectivity index (χ0v) is 14.1. The molecule has 2 saturated heterocycles. The molecule has 0 saturated carbocycles. The van der Waals surface area contributed by atoms with Crippen molar-refractivity contribution in [1.29, 1.82) is 0 Å². The van der Waals surface area contributed by atoms with Gasteiger partial charge in [0.05, 0.1) is 0 Å². The predicted molar refractivity (Wildman–Crippen MR) is 92.6 cm³/mol. The molecule has 6 nitrogen and oxygen atoms in total. The van der Waals surface area contributed by atoms with Gasteiger partial charge in [-0.1, -0.05) is 0 Å². The second-order valence-electron chi connectivity index (χ2n) is 6.60. The van der Waals surface area contributed by atoms with Crippen LogP contribution in [0.5, 0.6) is 0 Å². The number of piperidine rings is 1. The minimum absolute atomic E-state index is 0.108. The molecule has 6 heteroatoms. The minimum Gasteiger partial charge on any atom is -0.371 e. The summed E-state index contributed by atoms with van der Waals surface area (Å²) in [4.78, 5) is 32.1. The normalized spacial score (nSPS) is 18.9. The van der Waals surface area contributed by atoms with Crippen LogP contribution in [0.4, 0.5) is 5.69 Å². The molecule has 0 radical (unpaired) electrons. The molecule has 1 N–H and O–H groups in total. The first-order chi connectivity index (χ1) is 11.7. The van der Waals surface area contributed by atoms with Crippen molar-refractivity contribution in [1.82, 2.24) is 15.2 Å². The maximum absolute atomic E-state index is 12.3. The smallest absolute Gasteiger partial charge is 0.223 e. The van der Waals surface area contributed by atoms with E-state index >= 15 is 0 Å². The maximum atomic E-state index is 12.3. The van der Waals surface area contributed by atoms with Gasteiger partial charge in [0.1, 0.15) is 0 Å². The second kappa shape index (κ2) is 8.13. The minimum atomic E-state index is 0.108. The molecule has 1 aromatic rings. The molecule has 0 unspecified atom stereocenters. The van der Waals surface area contributed by atoms with Crippen molar-refractivity contribution in [2.75, 3.05) is 37.6 Å². The van der Waals surface area contributed by atoms with Crippen LogP contribution in [0.2, 0.25) is 0 Å². The molecule has 3 heterocycles. The van der Waals surface area contributed by atoms with Gasteiger partial charge in [-0.25, -0.2) is 0 Å². The largest absolute Gasteiger partial charge is 0.371 e. The fraction of sp³-hybridized carbons (Fsp3) is 0.611. The third-order valence-corrected chi connectivity index (χ3v) is 4.97. The van der Waals surface area contributed by atoms with Gasteiger partial charge in [0, 0.05) is 63.1 Å². The van der Waals surface area contributed by atoms with Crippen LogP contribution in [0.3, 0.4) is 0 Å². The molecule has 2 aliphatic rings. The lowest BCUT2D eigenvalue weighted by atomic mass is 9.95. The van der Waals surface area contributed by atoms with Crippen molar-refractivity contribution >= 4 is 17.5 Å². The molecule has 2 fully saturated rings. The quantitative estimate of drug-likeness (QED) is 0.801. The highest BCUT2D eigenvalue weighted by molar-refractivity contribution is 5.79. The van der Waals surface area contributed by atoms with Gasteiger partial charge < -0.3 is 15.1 Å². The first-order valence-corrected chi connectivity index (χ1v) is 8.94. The Bertz CT molecular complexity index is 555. The monoisotopic (exact) mass is 330 g/mol. The third kappa shape index (κ3) is 4.24. The van der Waals surface area contributed by atoms with E-state index in [2.05, 4.69) is 15.2 Å². The Balaban J connectivity index is 1.34. The van der Waals surface area contributed by atoms with Crippen LogP contribution in [0.15, 0.2) is 24.5 Å². The summed E-state index contributed by atoms with van der Waals surface area (Å²) in [7, 11) is 0. The second-order valence-corrected chi connectivity index (χ2v) is 6.60. The molecule has 2 amide bonds. The fourth-order valence-corrected chi connectivity index (χ4v) is 3.52. The van der Waals surface area contributed by atoms with E-state index in [0.29, 0.717) is 13.0 Å². The summed E-state index contributed by atoms with van der Waals surface area (Å²) >= 11 is 0. The van der Waals surface area contributed by atoms with E-state index in [1.807, 2.05) is 17.0 Å². The zero-order chi connectivity index (χ0) is 16.8. The number of hydrogen-bond acceptors (Lipinski definition) is 4. The third-order valence-electron chi connectivity index (χ3n) is 4.97. The van der Waals surface area contributed by atoms with E-state index in [1.54, 1.807) is 12.4 Å². The number of pyridine rings is 1. The number of nitrogens with zero attached hydrogens (tertiary/aromatic N) is 3. The van der Waals surface area contributed by atoms with Crippen molar-refractivity contribution < 1.29 is 9.59 Å². The zero-order valence-electron chi connectivity index (χ0n) is 14.1. The van der Waals surface area contributed by atoms with Crippen LogP contribution < -0.4 is 10.2 Å². The van der Waals surface area contributed by atoms with Gasteiger partial charge >= 0.3 is 0 Å². The van der Waals surface area contributed by atoms with Crippen LogP contribution in [-0.4, -0.2) is 54.4 Å². The van der Waals surface area contributed by atoms with Gasteiger partial charge in [0.2, 0.25) is 11.8 Å². The van der Waals surface area contributed by atoms with Crippen molar-refractivity contribution in [2.45, 2.75) is 32.1 Å². The van der Waals surface area contributed by atoms with E-state index in [0.717, 1.165) is 51.9 Å². The van der Waals surface area contributed by atoms with Gasteiger partial charge in [-0.15, -0.1) is 0 Å². The number of carbonyl (C=O) groups excluding carboxylic acids is 2. The van der Waals surface area contributed by atoms with Crippen LogP contribution in [-0.2, 0) is 9.59 Å². The van der Waals surface area contributed by atoms with E-state index in [9.17, 15) is 9.59 Å². The van der Waals surface area contributed by atoms with Crippen LogP contribution in [0.1, 0.15) is 32.1 Å². The first kappa shape index (κ1) is 16.7. The molecule has 0 bridgehead atoms. The Morgan fingerprint density at radius 2 is 1.96 bits per heavy atom. The predicted octanol–water partition coefficient (Wildman–Crippen LogP) is 1.43. The van der Waals surface area contributed by atoms with Crippen LogP contribution >= 0.6 is 0 Å². The van der Waals surface area contributed by atoms with Crippen LogP contribution in [0.25, 0.3) is 0 Å². The number of likely N-dealkylation sites (tertiary alicyclic amines) is 1. The maximum Gasteiger partial charge on any atom is 0.223 e. The molecule has 24 heavy (non-hydrogen) atoms. The van der Waals surface area contributed by atoms with E-state index in [1.165, 1.54) is 5.69 Å². The standard InChI is InChI=1S/C18H26N4O2/c23-17-3-1-11-22(17)12-2-8-20-18(24)15-6-13-21(14-7-15)16-4-9-19-10-5-16/h4-5,9-10,15H,1-3,6-8,11-14H2,(H,20,24). The fourth-order valence-electron chi connectivity index (χ4n) is 3.52. The molecule has 0 atom stereocenters. The van der Waals surface area contributed by atoms with Gasteiger partial charge in [-0.2, -0.15) is 0 Å². The summed E-state index contributed by atoms with van der Waals surface area (Å²) < 4.78 is 0. The number of anilines is 1. The summed E-state index contributed by atoms with van der Waals surface area (Å²) in [6.45, 7) is 4.11. The Labute approximate surface area is 143 Å². The summed E-state index contributed by atoms with van der Waals surface area (Å²) in [6.07, 6.45) is 7.88. The molecular weight excluding hydrogens is 304 g/mol. The topological polar surface area (TPSA) is 65.5 Å². The number of nitrogens with one attached hydrogen (secondary N) is 1. The molecule has 2 aliphatic heterocycles. The molecule has 0 aliphatic carbocycles. The van der Waals surface area contributed by atoms with Gasteiger partial charge in [-0.3, -0.25) is 14.6 Å². The summed E-state index contributed by atoms with van der Waals surface area (Å²) in [5, 5.41) is 3.04. The van der Waals surface area contributed by atoms with Gasteiger partial charge in [-0.05, 0) is 37.8 Å². The van der Waals surface area contributed by atoms with E-state index in [-0.39, 0.29) is 17.7 Å². The molecule has 0 aromatic carbocycles. The highest BCUT2D eigenvalue weighted by Gasteiger charge is 2.25. The number of amides is 2. The summed E-state index contributed by atoms with van der Waals surface area (Å²) in [6, 6.07) is 4.03. The summed E-state index contributed by atoms with van der Waals surface area (Å²) in [5.74, 6) is 0.526. The Kier molecular flexibility index (Phi) is 5.67. The lowest BCUT2D eigenvalue weighted by Gasteiger charge is -2.32. The number of hydrogen-bond donors (Lipinski definition) is 1. The summed E-state index contributed by atoms with van der Waals surface area (Å²) in [5.41, 5.74) is 1.18. The average Bonchev–Trinajstić information content (AvgIpc) is 3.04. The Morgan fingerprint density at radius 1 is 1.21 bits per heavy atom. The average molecular weight is 330 g/mol.